The van der Waals surface area contributed by atoms with Gasteiger partial charge in [0, 0.05) is 23.7 Å². The van der Waals surface area contributed by atoms with E-state index in [9.17, 15) is 14.4 Å². The summed E-state index contributed by atoms with van der Waals surface area (Å²) in [7, 11) is 0. The summed E-state index contributed by atoms with van der Waals surface area (Å²) in [6.45, 7) is 5.37. The maximum atomic E-state index is 13.0. The minimum Gasteiger partial charge on any atom is -0.481 e. The molecule has 0 saturated carbocycles. The molecule has 0 aliphatic heterocycles. The molecule has 0 spiro atoms. The Morgan fingerprint density at radius 3 is 2.77 bits per heavy atom. The molecule has 0 saturated heterocycles. The quantitative estimate of drug-likeness (QED) is 0.563. The lowest BCUT2D eigenvalue weighted by Gasteiger charge is -2.17. The largest absolute Gasteiger partial charge is 0.481 e. The second-order valence-corrected chi connectivity index (χ2v) is 7.64. The van der Waals surface area contributed by atoms with E-state index >= 15 is 0 Å². The minimum atomic E-state index is -0.992. The average molecular weight is 430 g/mol. The first kappa shape index (κ1) is 21.5. The molecule has 2 N–H and O–H groups in total. The summed E-state index contributed by atoms with van der Waals surface area (Å²) in [5.41, 5.74) is 2.17. The average Bonchev–Trinajstić information content (AvgIpc) is 3.13. The van der Waals surface area contributed by atoms with Crippen LogP contribution in [0, 0.1) is 6.92 Å². The molecule has 3 aromatic rings. The molecule has 0 fully saturated rings. The van der Waals surface area contributed by atoms with Gasteiger partial charge in [0.2, 0.25) is 5.43 Å². The van der Waals surface area contributed by atoms with Gasteiger partial charge < -0.3 is 19.6 Å². The number of carboxylic acid groups (broad SMARTS) is 1. The summed E-state index contributed by atoms with van der Waals surface area (Å²) in [5, 5.41) is 14.1. The molecule has 0 aliphatic carbocycles. The van der Waals surface area contributed by atoms with E-state index in [1.807, 2.05) is 19.2 Å². The normalized spacial score (nSPS) is 12.0. The number of ether oxygens (including phenoxy) is 1. The van der Waals surface area contributed by atoms with E-state index in [0.717, 1.165) is 11.3 Å². The van der Waals surface area contributed by atoms with Crippen LogP contribution in [0.1, 0.15) is 31.5 Å². The zero-order valence-electron chi connectivity index (χ0n) is 16.9. The fourth-order valence-corrected chi connectivity index (χ4v) is 3.69. The van der Waals surface area contributed by atoms with E-state index in [4.69, 9.17) is 14.3 Å². The van der Waals surface area contributed by atoms with Gasteiger partial charge in [-0.3, -0.25) is 14.4 Å². The van der Waals surface area contributed by atoms with Crippen LogP contribution in [0.5, 0.6) is 5.75 Å². The van der Waals surface area contributed by atoms with Gasteiger partial charge in [-0.15, -0.1) is 11.3 Å². The number of thiazole rings is 1. The van der Waals surface area contributed by atoms with E-state index < -0.39 is 18.0 Å². The highest BCUT2D eigenvalue weighted by molar-refractivity contribution is 7.13. The highest BCUT2D eigenvalue weighted by Gasteiger charge is 2.19. The topological polar surface area (TPSA) is 119 Å². The lowest BCUT2D eigenvalue weighted by Crippen LogP contribution is -2.37. The van der Waals surface area contributed by atoms with Gasteiger partial charge >= 0.3 is 5.97 Å². The van der Waals surface area contributed by atoms with E-state index in [0.29, 0.717) is 33.7 Å². The smallest absolute Gasteiger partial charge is 0.305 e. The Morgan fingerprint density at radius 2 is 2.13 bits per heavy atom. The summed E-state index contributed by atoms with van der Waals surface area (Å²) >= 11 is 1.38. The number of hydrogen-bond donors (Lipinski definition) is 2. The Morgan fingerprint density at radius 1 is 1.37 bits per heavy atom. The molecular formula is C21H22N2O6S. The highest BCUT2D eigenvalue weighted by Crippen LogP contribution is 2.29. The Bertz CT molecular complexity index is 1150. The molecule has 1 amide bonds. The third-order valence-electron chi connectivity index (χ3n) is 4.50. The molecule has 0 radical (unpaired) electrons. The molecular weight excluding hydrogens is 408 g/mol. The van der Waals surface area contributed by atoms with Gasteiger partial charge in [0.05, 0.1) is 17.4 Å². The van der Waals surface area contributed by atoms with Crippen LogP contribution in [-0.2, 0) is 16.0 Å². The molecule has 0 aliphatic rings. The molecule has 1 aromatic carbocycles. The predicted molar refractivity (Wildman–Crippen MR) is 113 cm³/mol. The number of fused-ring (bicyclic) bond motifs is 1. The van der Waals surface area contributed by atoms with Gasteiger partial charge in [0.1, 0.15) is 22.6 Å². The van der Waals surface area contributed by atoms with Crippen LogP contribution in [0.25, 0.3) is 21.5 Å². The molecule has 9 heteroatoms. The number of hydrogen-bond acceptors (Lipinski definition) is 7. The fraction of sp³-hybridized carbons (Fsp3) is 0.333. The van der Waals surface area contributed by atoms with Crippen LogP contribution in [-0.4, -0.2) is 34.6 Å². The Labute approximate surface area is 176 Å². The molecule has 8 nitrogen and oxygen atoms in total. The van der Waals surface area contributed by atoms with Crippen molar-refractivity contribution in [1.29, 1.82) is 0 Å². The van der Waals surface area contributed by atoms with Crippen LogP contribution in [0.3, 0.4) is 0 Å². The van der Waals surface area contributed by atoms with Crippen molar-refractivity contribution in [3.05, 3.63) is 45.3 Å². The summed E-state index contributed by atoms with van der Waals surface area (Å²) in [5.74, 6) is -0.977. The zero-order valence-corrected chi connectivity index (χ0v) is 17.7. The number of amides is 1. The predicted octanol–water partition coefficient (Wildman–Crippen LogP) is 3.15. The lowest BCUT2D eigenvalue weighted by atomic mass is 10.1. The van der Waals surface area contributed by atoms with Gasteiger partial charge in [-0.1, -0.05) is 6.92 Å². The molecule has 1 atom stereocenters. The van der Waals surface area contributed by atoms with Crippen molar-refractivity contribution in [2.24, 2.45) is 0 Å². The maximum Gasteiger partial charge on any atom is 0.305 e. The standard InChI is InChI=1S/C21H22N2O6S/c1-4-13-7-14-17(28-9-15(19(14)26)21-23-11(2)10-30-21)8-16(13)29-12(3)20(27)22-6-5-18(24)25/h7-10,12H,4-6H2,1-3H3,(H,22,27)(H,24,25)/t12-/m1/s1. The van der Waals surface area contributed by atoms with Gasteiger partial charge in [-0.25, -0.2) is 4.98 Å². The van der Waals surface area contributed by atoms with Crippen molar-refractivity contribution in [2.45, 2.75) is 39.7 Å². The van der Waals surface area contributed by atoms with Crippen molar-refractivity contribution in [2.75, 3.05) is 6.54 Å². The van der Waals surface area contributed by atoms with Crippen LogP contribution in [0.15, 0.2) is 33.0 Å². The molecule has 3 rings (SSSR count). The van der Waals surface area contributed by atoms with Crippen molar-refractivity contribution in [1.82, 2.24) is 10.3 Å². The number of carbonyl (C=O) groups excluding carboxylic acids is 1. The molecule has 0 unspecified atom stereocenters. The number of aryl methyl sites for hydroxylation is 2. The number of aliphatic carboxylic acids is 1. The molecule has 30 heavy (non-hydrogen) atoms. The van der Waals surface area contributed by atoms with Crippen molar-refractivity contribution < 1.29 is 23.8 Å². The SMILES string of the molecule is CCc1cc2c(=O)c(-c3nc(C)cs3)coc2cc1O[C@H](C)C(=O)NCCC(=O)O. The Kier molecular flexibility index (Phi) is 6.51. The molecule has 2 aromatic heterocycles. The minimum absolute atomic E-state index is 0.0219. The third kappa shape index (κ3) is 4.68. The second kappa shape index (κ2) is 9.08. The first-order valence-electron chi connectivity index (χ1n) is 9.47. The van der Waals surface area contributed by atoms with Gasteiger partial charge in [0.15, 0.2) is 6.10 Å². The summed E-state index contributed by atoms with van der Waals surface area (Å²) in [6.07, 6.45) is 0.964. The fourth-order valence-electron chi connectivity index (χ4n) is 2.89. The lowest BCUT2D eigenvalue weighted by molar-refractivity contribution is -0.137. The van der Waals surface area contributed by atoms with E-state index in [1.54, 1.807) is 19.1 Å². The Hall–Kier alpha value is -3.20. The highest BCUT2D eigenvalue weighted by atomic mass is 32.1. The van der Waals surface area contributed by atoms with Crippen LogP contribution in [0.2, 0.25) is 0 Å². The van der Waals surface area contributed by atoms with Crippen LogP contribution >= 0.6 is 11.3 Å². The number of carbonyl (C=O) groups is 2. The van der Waals surface area contributed by atoms with E-state index in [1.165, 1.54) is 17.6 Å². The van der Waals surface area contributed by atoms with Gasteiger partial charge in [-0.05, 0) is 31.9 Å². The van der Waals surface area contributed by atoms with Crippen molar-refractivity contribution in [3.8, 4) is 16.3 Å². The first-order chi connectivity index (χ1) is 14.3. The third-order valence-corrected chi connectivity index (χ3v) is 5.49. The van der Waals surface area contributed by atoms with E-state index in [2.05, 4.69) is 10.3 Å². The summed E-state index contributed by atoms with van der Waals surface area (Å²) in [6, 6.07) is 3.32. The first-order valence-corrected chi connectivity index (χ1v) is 10.3. The second-order valence-electron chi connectivity index (χ2n) is 6.78. The van der Waals surface area contributed by atoms with Crippen LogP contribution < -0.4 is 15.5 Å². The number of nitrogens with one attached hydrogen (secondary N) is 1. The number of aromatic nitrogens is 1. The number of benzene rings is 1. The van der Waals surface area contributed by atoms with Crippen molar-refractivity contribution >= 4 is 34.2 Å². The van der Waals surface area contributed by atoms with E-state index in [-0.39, 0.29) is 18.4 Å². The number of carboxylic acids is 1. The maximum absolute atomic E-state index is 13.0. The number of nitrogens with zero attached hydrogens (tertiary/aromatic N) is 1. The molecule has 0 bridgehead atoms. The zero-order chi connectivity index (χ0) is 21.8. The van der Waals surface area contributed by atoms with Gasteiger partial charge in [-0.2, -0.15) is 0 Å². The van der Waals surface area contributed by atoms with Gasteiger partial charge in [0.25, 0.3) is 5.91 Å². The molecule has 2 heterocycles. The monoisotopic (exact) mass is 430 g/mol. The van der Waals surface area contributed by atoms with Crippen molar-refractivity contribution in [3.63, 3.8) is 0 Å². The molecule has 158 valence electrons. The summed E-state index contributed by atoms with van der Waals surface area (Å²) < 4.78 is 11.5. The Balaban J connectivity index is 1.88. The summed E-state index contributed by atoms with van der Waals surface area (Å²) in [4.78, 5) is 40.0. The van der Waals surface area contributed by atoms with Crippen LogP contribution in [0.4, 0.5) is 0 Å². The number of rotatable bonds is 8.